The average molecular weight is 204 g/mol. The van der Waals surface area contributed by atoms with Crippen molar-refractivity contribution in [2.24, 2.45) is 5.92 Å². The first kappa shape index (κ1) is 10.2. The van der Waals surface area contributed by atoms with E-state index in [0.29, 0.717) is 5.92 Å². The summed E-state index contributed by atoms with van der Waals surface area (Å²) in [6.45, 7) is 2.97. The van der Waals surface area contributed by atoms with E-state index in [1.165, 1.54) is 0 Å². The van der Waals surface area contributed by atoms with Crippen molar-refractivity contribution in [2.75, 3.05) is 26.7 Å². The number of amides is 1. The monoisotopic (exact) mass is 204 g/mol. The van der Waals surface area contributed by atoms with Gasteiger partial charge in [0, 0.05) is 31.1 Å². The number of benzene rings is 1. The first-order chi connectivity index (χ1) is 7.25. The van der Waals surface area contributed by atoms with E-state index >= 15 is 0 Å². The zero-order chi connectivity index (χ0) is 10.7. The van der Waals surface area contributed by atoms with Crippen molar-refractivity contribution in [3.8, 4) is 0 Å². The Morgan fingerprint density at radius 1 is 1.40 bits per heavy atom. The second kappa shape index (κ2) is 4.45. The van der Waals surface area contributed by atoms with Crippen LogP contribution in [-0.4, -0.2) is 37.5 Å². The number of hydrogen-bond acceptors (Lipinski definition) is 2. The van der Waals surface area contributed by atoms with Crippen LogP contribution in [0.4, 0.5) is 0 Å². The van der Waals surface area contributed by atoms with Gasteiger partial charge in [-0.15, -0.1) is 0 Å². The summed E-state index contributed by atoms with van der Waals surface area (Å²) in [6, 6.07) is 9.35. The van der Waals surface area contributed by atoms with Crippen molar-refractivity contribution in [1.29, 1.82) is 0 Å². The molecule has 3 heteroatoms. The summed E-state index contributed by atoms with van der Waals surface area (Å²) in [4.78, 5) is 13.9. The van der Waals surface area contributed by atoms with Crippen LogP contribution < -0.4 is 5.32 Å². The second-order valence-electron chi connectivity index (χ2n) is 4.16. The lowest BCUT2D eigenvalue weighted by Crippen LogP contribution is -2.49. The van der Waals surface area contributed by atoms with Gasteiger partial charge in [-0.25, -0.2) is 0 Å². The van der Waals surface area contributed by atoms with Crippen LogP contribution in [0.3, 0.4) is 0 Å². The van der Waals surface area contributed by atoms with Crippen molar-refractivity contribution < 1.29 is 4.79 Å². The lowest BCUT2D eigenvalue weighted by Gasteiger charge is -2.36. The summed E-state index contributed by atoms with van der Waals surface area (Å²) in [5.74, 6) is 0.660. The van der Waals surface area contributed by atoms with Crippen molar-refractivity contribution in [1.82, 2.24) is 10.2 Å². The van der Waals surface area contributed by atoms with Crippen molar-refractivity contribution in [3.63, 3.8) is 0 Å². The van der Waals surface area contributed by atoms with Crippen LogP contribution in [0.1, 0.15) is 10.4 Å². The maximum atomic E-state index is 11.6. The van der Waals surface area contributed by atoms with E-state index in [1.807, 2.05) is 30.3 Å². The van der Waals surface area contributed by atoms with Gasteiger partial charge in [0.05, 0.1) is 0 Å². The van der Waals surface area contributed by atoms with E-state index < -0.39 is 0 Å². The molecule has 3 nitrogen and oxygen atoms in total. The quantitative estimate of drug-likeness (QED) is 0.796. The fourth-order valence-electron chi connectivity index (χ4n) is 1.89. The van der Waals surface area contributed by atoms with Gasteiger partial charge in [-0.2, -0.15) is 0 Å². The molecule has 0 aromatic heterocycles. The topological polar surface area (TPSA) is 32.3 Å². The molecule has 1 aromatic carbocycles. The van der Waals surface area contributed by atoms with E-state index in [0.717, 1.165) is 25.2 Å². The highest BCUT2D eigenvalue weighted by molar-refractivity contribution is 5.94. The van der Waals surface area contributed by atoms with Gasteiger partial charge in [-0.3, -0.25) is 4.79 Å². The Kier molecular flexibility index (Phi) is 3.02. The van der Waals surface area contributed by atoms with Crippen LogP contribution in [0.2, 0.25) is 0 Å². The smallest absolute Gasteiger partial charge is 0.251 e. The van der Waals surface area contributed by atoms with E-state index in [1.54, 1.807) is 0 Å². The van der Waals surface area contributed by atoms with Crippen LogP contribution in [0.25, 0.3) is 0 Å². The fraction of sp³-hybridized carbons (Fsp3) is 0.417. The summed E-state index contributed by atoms with van der Waals surface area (Å²) < 4.78 is 0. The minimum atomic E-state index is 0.0325. The normalized spacial score (nSPS) is 17.1. The standard InChI is InChI=1S/C12H16N2O/c1-14-8-10(9-14)7-13-12(15)11-5-3-2-4-6-11/h2-6,10H,7-9H2,1H3,(H,13,15). The van der Waals surface area contributed by atoms with Gasteiger partial charge < -0.3 is 10.2 Å². The Hall–Kier alpha value is -1.35. The fourth-order valence-corrected chi connectivity index (χ4v) is 1.89. The average Bonchev–Trinajstić information content (AvgIpc) is 2.23. The predicted molar refractivity (Wildman–Crippen MR) is 59.8 cm³/mol. The molecule has 1 saturated heterocycles. The van der Waals surface area contributed by atoms with Crippen LogP contribution in [0.5, 0.6) is 0 Å². The van der Waals surface area contributed by atoms with Crippen LogP contribution in [0.15, 0.2) is 30.3 Å². The van der Waals surface area contributed by atoms with E-state index in [2.05, 4.69) is 17.3 Å². The minimum Gasteiger partial charge on any atom is -0.352 e. The van der Waals surface area contributed by atoms with Crippen molar-refractivity contribution in [3.05, 3.63) is 35.9 Å². The lowest BCUT2D eigenvalue weighted by molar-refractivity contribution is 0.0898. The van der Waals surface area contributed by atoms with Crippen LogP contribution in [-0.2, 0) is 0 Å². The van der Waals surface area contributed by atoms with Gasteiger partial charge in [-0.1, -0.05) is 18.2 Å². The Morgan fingerprint density at radius 3 is 2.67 bits per heavy atom. The zero-order valence-electron chi connectivity index (χ0n) is 8.94. The number of rotatable bonds is 3. The SMILES string of the molecule is CN1CC(CNC(=O)c2ccccc2)C1. The molecule has 0 radical (unpaired) electrons. The lowest BCUT2D eigenvalue weighted by atomic mass is 10.0. The third-order valence-electron chi connectivity index (χ3n) is 2.73. The molecule has 1 N–H and O–H groups in total. The molecule has 1 aliphatic heterocycles. The molecule has 0 atom stereocenters. The highest BCUT2D eigenvalue weighted by atomic mass is 16.1. The maximum absolute atomic E-state index is 11.6. The largest absolute Gasteiger partial charge is 0.352 e. The number of nitrogens with zero attached hydrogens (tertiary/aromatic N) is 1. The number of likely N-dealkylation sites (tertiary alicyclic amines) is 1. The Balaban J connectivity index is 1.78. The first-order valence-electron chi connectivity index (χ1n) is 5.27. The number of carbonyl (C=O) groups excluding carboxylic acids is 1. The molecule has 80 valence electrons. The molecule has 0 aliphatic carbocycles. The molecule has 1 aromatic rings. The third-order valence-corrected chi connectivity index (χ3v) is 2.73. The van der Waals surface area contributed by atoms with Gasteiger partial charge >= 0.3 is 0 Å². The maximum Gasteiger partial charge on any atom is 0.251 e. The predicted octanol–water partition coefficient (Wildman–Crippen LogP) is 0.978. The van der Waals surface area contributed by atoms with Crippen molar-refractivity contribution in [2.45, 2.75) is 0 Å². The van der Waals surface area contributed by atoms with E-state index in [-0.39, 0.29) is 5.91 Å². The molecule has 0 bridgehead atoms. The van der Waals surface area contributed by atoms with Gasteiger partial charge in [0.2, 0.25) is 0 Å². The Bertz CT molecular complexity index is 331. The molecule has 1 heterocycles. The zero-order valence-corrected chi connectivity index (χ0v) is 8.94. The minimum absolute atomic E-state index is 0.0325. The first-order valence-corrected chi connectivity index (χ1v) is 5.27. The number of nitrogens with one attached hydrogen (secondary N) is 1. The molecule has 15 heavy (non-hydrogen) atoms. The highest BCUT2D eigenvalue weighted by Gasteiger charge is 2.23. The Labute approximate surface area is 90.1 Å². The molecule has 0 unspecified atom stereocenters. The second-order valence-corrected chi connectivity index (χ2v) is 4.16. The van der Waals surface area contributed by atoms with Crippen LogP contribution in [0, 0.1) is 5.92 Å². The van der Waals surface area contributed by atoms with Gasteiger partial charge in [-0.05, 0) is 19.2 Å². The molecule has 1 aliphatic rings. The summed E-state index contributed by atoms with van der Waals surface area (Å²) in [5.41, 5.74) is 0.741. The third kappa shape index (κ3) is 2.57. The Morgan fingerprint density at radius 2 is 2.07 bits per heavy atom. The van der Waals surface area contributed by atoms with Gasteiger partial charge in [0.1, 0.15) is 0 Å². The molecule has 0 saturated carbocycles. The number of carbonyl (C=O) groups is 1. The molecule has 0 spiro atoms. The van der Waals surface area contributed by atoms with E-state index in [4.69, 9.17) is 0 Å². The summed E-state index contributed by atoms with van der Waals surface area (Å²) >= 11 is 0. The van der Waals surface area contributed by atoms with Crippen LogP contribution >= 0.6 is 0 Å². The molecule has 1 amide bonds. The summed E-state index contributed by atoms with van der Waals surface area (Å²) in [7, 11) is 2.09. The highest BCUT2D eigenvalue weighted by Crippen LogP contribution is 2.11. The molecular formula is C12H16N2O. The molecule has 2 rings (SSSR count). The number of hydrogen-bond donors (Lipinski definition) is 1. The van der Waals surface area contributed by atoms with Gasteiger partial charge in [0.25, 0.3) is 5.91 Å². The molecule has 1 fully saturated rings. The van der Waals surface area contributed by atoms with E-state index in [9.17, 15) is 4.79 Å². The molecular weight excluding hydrogens is 188 g/mol. The summed E-state index contributed by atoms with van der Waals surface area (Å²) in [6.07, 6.45) is 0. The van der Waals surface area contributed by atoms with Gasteiger partial charge in [0.15, 0.2) is 0 Å². The summed E-state index contributed by atoms with van der Waals surface area (Å²) in [5, 5.41) is 2.96. The van der Waals surface area contributed by atoms with Crippen molar-refractivity contribution >= 4 is 5.91 Å².